The quantitative estimate of drug-likeness (QED) is 0.893. The zero-order chi connectivity index (χ0) is 14.7. The Balaban J connectivity index is 1.70. The largest absolute Gasteiger partial charge is 0.347 e. The van der Waals surface area contributed by atoms with Gasteiger partial charge in [0.25, 0.3) is 5.91 Å². The van der Waals surface area contributed by atoms with Crippen LogP contribution in [0.3, 0.4) is 0 Å². The summed E-state index contributed by atoms with van der Waals surface area (Å²) in [6, 6.07) is 9.74. The minimum Gasteiger partial charge on any atom is -0.347 e. The molecule has 6 heteroatoms. The van der Waals surface area contributed by atoms with Gasteiger partial charge in [-0.1, -0.05) is 22.0 Å². The molecule has 2 heterocycles. The second-order valence-electron chi connectivity index (χ2n) is 5.14. The second-order valence-corrected chi connectivity index (χ2v) is 6.06. The van der Waals surface area contributed by atoms with Gasteiger partial charge in [0, 0.05) is 23.3 Å². The number of halogens is 1. The fraction of sp³-hybridized carbons (Fsp3) is 0.333. The fourth-order valence-electron chi connectivity index (χ4n) is 2.44. The van der Waals surface area contributed by atoms with Crippen molar-refractivity contribution in [3.05, 3.63) is 46.7 Å². The average molecular weight is 349 g/mol. The van der Waals surface area contributed by atoms with Crippen LogP contribution in [0, 0.1) is 0 Å². The maximum Gasteiger partial charge on any atom is 0.272 e. The predicted molar refractivity (Wildman–Crippen MR) is 84.6 cm³/mol. The average Bonchev–Trinajstić information content (AvgIpc) is 2.98. The highest BCUT2D eigenvalue weighted by Crippen LogP contribution is 2.15. The van der Waals surface area contributed by atoms with Crippen LogP contribution in [0.5, 0.6) is 0 Å². The summed E-state index contributed by atoms with van der Waals surface area (Å²) >= 11 is 3.43. The molecule has 2 N–H and O–H groups in total. The van der Waals surface area contributed by atoms with E-state index in [0.29, 0.717) is 5.69 Å². The van der Waals surface area contributed by atoms with Crippen LogP contribution in [0.25, 0.3) is 5.69 Å². The number of benzene rings is 1. The van der Waals surface area contributed by atoms with Crippen molar-refractivity contribution in [2.75, 3.05) is 13.1 Å². The second kappa shape index (κ2) is 6.41. The van der Waals surface area contributed by atoms with Gasteiger partial charge in [-0.2, -0.15) is 5.10 Å². The lowest BCUT2D eigenvalue weighted by Crippen LogP contribution is -2.45. The Bertz CT molecular complexity index is 634. The SMILES string of the molecule is O=C(NC1CCCNC1)c1ccn(-c2cccc(Br)c2)n1. The summed E-state index contributed by atoms with van der Waals surface area (Å²) in [5.41, 5.74) is 1.36. The number of carbonyl (C=O) groups is 1. The van der Waals surface area contributed by atoms with E-state index in [9.17, 15) is 4.79 Å². The van der Waals surface area contributed by atoms with E-state index in [1.54, 1.807) is 16.9 Å². The van der Waals surface area contributed by atoms with E-state index < -0.39 is 0 Å². The minimum absolute atomic E-state index is 0.113. The molecular formula is C15H17BrN4O. The van der Waals surface area contributed by atoms with Crippen molar-refractivity contribution in [1.82, 2.24) is 20.4 Å². The van der Waals surface area contributed by atoms with Crippen molar-refractivity contribution in [3.63, 3.8) is 0 Å². The first-order valence-electron chi connectivity index (χ1n) is 7.05. The molecule has 1 saturated heterocycles. The number of aromatic nitrogens is 2. The highest BCUT2D eigenvalue weighted by Gasteiger charge is 2.17. The molecular weight excluding hydrogens is 332 g/mol. The molecule has 21 heavy (non-hydrogen) atoms. The van der Waals surface area contributed by atoms with Gasteiger partial charge < -0.3 is 10.6 Å². The van der Waals surface area contributed by atoms with Gasteiger partial charge in [-0.3, -0.25) is 4.79 Å². The van der Waals surface area contributed by atoms with E-state index in [4.69, 9.17) is 0 Å². The summed E-state index contributed by atoms with van der Waals surface area (Å²) in [7, 11) is 0. The minimum atomic E-state index is -0.113. The van der Waals surface area contributed by atoms with Crippen molar-refractivity contribution in [2.45, 2.75) is 18.9 Å². The van der Waals surface area contributed by atoms with E-state index in [1.807, 2.05) is 24.3 Å². The molecule has 1 aliphatic heterocycles. The monoisotopic (exact) mass is 348 g/mol. The third kappa shape index (κ3) is 3.51. The highest BCUT2D eigenvalue weighted by molar-refractivity contribution is 9.10. The Morgan fingerprint density at radius 3 is 3.10 bits per heavy atom. The number of nitrogens with zero attached hydrogens (tertiary/aromatic N) is 2. The molecule has 0 saturated carbocycles. The molecule has 0 spiro atoms. The van der Waals surface area contributed by atoms with Crippen LogP contribution in [0.4, 0.5) is 0 Å². The molecule has 110 valence electrons. The number of hydrogen-bond acceptors (Lipinski definition) is 3. The molecule has 0 radical (unpaired) electrons. The predicted octanol–water partition coefficient (Wildman–Crippen LogP) is 2.12. The lowest BCUT2D eigenvalue weighted by Gasteiger charge is -2.23. The number of amides is 1. The van der Waals surface area contributed by atoms with E-state index in [-0.39, 0.29) is 11.9 Å². The summed E-state index contributed by atoms with van der Waals surface area (Å²) in [5.74, 6) is -0.113. The van der Waals surface area contributed by atoms with Gasteiger partial charge in [0.05, 0.1) is 5.69 Å². The molecule has 5 nitrogen and oxygen atoms in total. The number of nitrogens with one attached hydrogen (secondary N) is 2. The molecule has 1 unspecified atom stereocenters. The molecule has 0 bridgehead atoms. The zero-order valence-electron chi connectivity index (χ0n) is 11.6. The third-order valence-corrected chi connectivity index (χ3v) is 4.02. The summed E-state index contributed by atoms with van der Waals surface area (Å²) in [6.07, 6.45) is 3.91. The normalized spacial score (nSPS) is 18.4. The summed E-state index contributed by atoms with van der Waals surface area (Å²) in [4.78, 5) is 12.2. The fourth-order valence-corrected chi connectivity index (χ4v) is 2.83. The van der Waals surface area contributed by atoms with E-state index in [1.165, 1.54) is 0 Å². The van der Waals surface area contributed by atoms with Crippen LogP contribution in [-0.4, -0.2) is 34.8 Å². The molecule has 3 rings (SSSR count). The highest BCUT2D eigenvalue weighted by atomic mass is 79.9. The molecule has 2 aromatic rings. The Morgan fingerprint density at radius 1 is 1.43 bits per heavy atom. The molecule has 1 aliphatic rings. The topological polar surface area (TPSA) is 59.0 Å². The lowest BCUT2D eigenvalue weighted by atomic mass is 10.1. The van der Waals surface area contributed by atoms with Crippen LogP contribution >= 0.6 is 15.9 Å². The lowest BCUT2D eigenvalue weighted by molar-refractivity contribution is 0.0925. The molecule has 1 amide bonds. The van der Waals surface area contributed by atoms with Crippen LogP contribution < -0.4 is 10.6 Å². The summed E-state index contributed by atoms with van der Waals surface area (Å²) in [6.45, 7) is 1.86. The standard InChI is InChI=1S/C15H17BrN4O/c16-11-3-1-5-13(9-11)20-8-6-14(19-20)15(21)18-12-4-2-7-17-10-12/h1,3,5-6,8-9,12,17H,2,4,7,10H2,(H,18,21). The number of piperidine rings is 1. The van der Waals surface area contributed by atoms with Crippen molar-refractivity contribution in [1.29, 1.82) is 0 Å². The van der Waals surface area contributed by atoms with Gasteiger partial charge in [0.2, 0.25) is 0 Å². The van der Waals surface area contributed by atoms with Crippen molar-refractivity contribution >= 4 is 21.8 Å². The third-order valence-electron chi connectivity index (χ3n) is 3.53. The summed E-state index contributed by atoms with van der Waals surface area (Å²) < 4.78 is 2.69. The van der Waals surface area contributed by atoms with Crippen molar-refractivity contribution in [3.8, 4) is 5.69 Å². The molecule has 1 aromatic carbocycles. The number of rotatable bonds is 3. The maximum atomic E-state index is 12.2. The molecule has 1 aromatic heterocycles. The van der Waals surface area contributed by atoms with Gasteiger partial charge in [0.15, 0.2) is 5.69 Å². The Labute approximate surface area is 131 Å². The molecule has 1 fully saturated rings. The summed E-state index contributed by atoms with van der Waals surface area (Å²) in [5, 5.41) is 10.7. The van der Waals surface area contributed by atoms with Crippen LogP contribution in [0.1, 0.15) is 23.3 Å². The van der Waals surface area contributed by atoms with E-state index in [2.05, 4.69) is 31.7 Å². The molecule has 0 aliphatic carbocycles. The number of hydrogen-bond donors (Lipinski definition) is 2. The van der Waals surface area contributed by atoms with Gasteiger partial charge >= 0.3 is 0 Å². The van der Waals surface area contributed by atoms with Crippen molar-refractivity contribution in [2.24, 2.45) is 0 Å². The van der Waals surface area contributed by atoms with Crippen LogP contribution in [0.15, 0.2) is 41.0 Å². The number of carbonyl (C=O) groups excluding carboxylic acids is 1. The first-order chi connectivity index (χ1) is 10.2. The first-order valence-corrected chi connectivity index (χ1v) is 7.85. The van der Waals surface area contributed by atoms with E-state index >= 15 is 0 Å². The molecule has 1 atom stereocenters. The first kappa shape index (κ1) is 14.3. The van der Waals surface area contributed by atoms with Crippen LogP contribution in [0.2, 0.25) is 0 Å². The maximum absolute atomic E-state index is 12.2. The zero-order valence-corrected chi connectivity index (χ0v) is 13.1. The van der Waals surface area contributed by atoms with Gasteiger partial charge in [-0.25, -0.2) is 4.68 Å². The van der Waals surface area contributed by atoms with Crippen LogP contribution in [-0.2, 0) is 0 Å². The van der Waals surface area contributed by atoms with Gasteiger partial charge in [-0.15, -0.1) is 0 Å². The van der Waals surface area contributed by atoms with Gasteiger partial charge in [-0.05, 0) is 43.7 Å². The Hall–Kier alpha value is -1.66. The van der Waals surface area contributed by atoms with Gasteiger partial charge in [0.1, 0.15) is 0 Å². The Morgan fingerprint density at radius 2 is 2.33 bits per heavy atom. The van der Waals surface area contributed by atoms with Crippen molar-refractivity contribution < 1.29 is 4.79 Å². The Kier molecular flexibility index (Phi) is 4.36. The van der Waals surface area contributed by atoms with E-state index in [0.717, 1.165) is 36.1 Å². The smallest absolute Gasteiger partial charge is 0.272 e.